The summed E-state index contributed by atoms with van der Waals surface area (Å²) >= 11 is 0. The minimum atomic E-state index is -1.71. The summed E-state index contributed by atoms with van der Waals surface area (Å²) in [5.41, 5.74) is -0.0144. The van der Waals surface area contributed by atoms with Crippen LogP contribution in [0.4, 0.5) is 0 Å². The van der Waals surface area contributed by atoms with Gasteiger partial charge in [0.25, 0.3) is 5.91 Å². The molecule has 3 rings (SSSR count). The second kappa shape index (κ2) is 7.14. The van der Waals surface area contributed by atoms with Gasteiger partial charge in [-0.15, -0.1) is 0 Å². The van der Waals surface area contributed by atoms with E-state index in [0.717, 1.165) is 5.56 Å². The Morgan fingerprint density at radius 3 is 2.31 bits per heavy atom. The number of β-lactam (4-membered cyclic amide) rings is 1. The highest BCUT2D eigenvalue weighted by Gasteiger charge is 2.57. The monoisotopic (exact) mass is 351 g/mol. The van der Waals surface area contributed by atoms with Crippen molar-refractivity contribution in [3.63, 3.8) is 0 Å². The van der Waals surface area contributed by atoms with Crippen LogP contribution in [0.15, 0.2) is 72.8 Å². The van der Waals surface area contributed by atoms with Crippen LogP contribution in [-0.2, 0) is 20.9 Å². The van der Waals surface area contributed by atoms with Gasteiger partial charge in [-0.05, 0) is 11.1 Å². The summed E-state index contributed by atoms with van der Waals surface area (Å²) < 4.78 is 4.76. The van der Waals surface area contributed by atoms with Gasteiger partial charge in [-0.1, -0.05) is 67.2 Å². The van der Waals surface area contributed by atoms with Gasteiger partial charge in [0, 0.05) is 12.1 Å². The average Bonchev–Trinajstić information content (AvgIpc) is 2.68. The molecule has 1 amide bonds. The lowest BCUT2D eigenvalue weighted by Gasteiger charge is -2.49. The molecular weight excluding hydrogens is 330 g/mol. The molecular formula is C21H21NO4. The number of hydrogen-bond acceptors (Lipinski definition) is 4. The Bertz CT molecular complexity index is 818. The normalized spacial score (nSPS) is 20.2. The molecule has 0 bridgehead atoms. The minimum absolute atomic E-state index is 0.0638. The van der Waals surface area contributed by atoms with Crippen molar-refractivity contribution in [2.75, 3.05) is 13.7 Å². The van der Waals surface area contributed by atoms with E-state index in [0.29, 0.717) is 12.1 Å². The summed E-state index contributed by atoms with van der Waals surface area (Å²) in [6.45, 7) is 4.32. The number of ether oxygens (including phenoxy) is 1. The smallest absolute Gasteiger partial charge is 0.333 e. The molecule has 0 radical (unpaired) electrons. The number of nitrogens with zero attached hydrogens (tertiary/aromatic N) is 1. The van der Waals surface area contributed by atoms with Gasteiger partial charge in [-0.25, -0.2) is 4.79 Å². The SMILES string of the molecule is C=C(C(=O)OC)[C@H](c1ccccc1)[C@@]1(O)CN(Cc2ccccc2)C1=O. The van der Waals surface area contributed by atoms with E-state index in [2.05, 4.69) is 6.58 Å². The third-order valence-corrected chi connectivity index (χ3v) is 4.71. The van der Waals surface area contributed by atoms with Crippen LogP contribution in [-0.4, -0.2) is 41.1 Å². The maximum Gasteiger partial charge on any atom is 0.333 e. The number of rotatable bonds is 6. The molecule has 134 valence electrons. The van der Waals surface area contributed by atoms with Gasteiger partial charge < -0.3 is 14.7 Å². The molecule has 0 saturated carbocycles. The molecule has 1 aliphatic heterocycles. The van der Waals surface area contributed by atoms with Gasteiger partial charge in [0.05, 0.1) is 19.6 Å². The zero-order valence-corrected chi connectivity index (χ0v) is 14.6. The third-order valence-electron chi connectivity index (χ3n) is 4.71. The zero-order valence-electron chi connectivity index (χ0n) is 14.6. The van der Waals surface area contributed by atoms with Crippen LogP contribution >= 0.6 is 0 Å². The first-order chi connectivity index (χ1) is 12.5. The van der Waals surface area contributed by atoms with Crippen LogP contribution in [0.3, 0.4) is 0 Å². The molecule has 26 heavy (non-hydrogen) atoms. The Labute approximate surface area is 152 Å². The van der Waals surface area contributed by atoms with E-state index < -0.39 is 23.4 Å². The van der Waals surface area contributed by atoms with E-state index in [1.807, 2.05) is 36.4 Å². The molecule has 2 aromatic carbocycles. The molecule has 5 nitrogen and oxygen atoms in total. The second-order valence-electron chi connectivity index (χ2n) is 6.43. The van der Waals surface area contributed by atoms with Gasteiger partial charge >= 0.3 is 5.97 Å². The fraction of sp³-hybridized carbons (Fsp3) is 0.238. The van der Waals surface area contributed by atoms with Crippen molar-refractivity contribution in [3.8, 4) is 0 Å². The molecule has 2 atom stereocenters. The number of carbonyl (C=O) groups is 2. The quantitative estimate of drug-likeness (QED) is 0.493. The van der Waals surface area contributed by atoms with E-state index in [4.69, 9.17) is 4.74 Å². The number of methoxy groups -OCH3 is 1. The fourth-order valence-electron chi connectivity index (χ4n) is 3.42. The van der Waals surface area contributed by atoms with Crippen LogP contribution in [0.1, 0.15) is 17.0 Å². The fourth-order valence-corrected chi connectivity index (χ4v) is 3.42. The van der Waals surface area contributed by atoms with Crippen molar-refractivity contribution < 1.29 is 19.4 Å². The van der Waals surface area contributed by atoms with Crippen molar-refractivity contribution in [2.45, 2.75) is 18.1 Å². The number of benzene rings is 2. The molecule has 1 N–H and O–H groups in total. The number of β-amino-alcohol motifs (C(OH)–C–C–N with tert-alkyl or cyclic N) is 1. The Kier molecular flexibility index (Phi) is 4.91. The maximum atomic E-state index is 12.8. The van der Waals surface area contributed by atoms with Crippen molar-refractivity contribution >= 4 is 11.9 Å². The molecule has 1 saturated heterocycles. The highest BCUT2D eigenvalue weighted by atomic mass is 16.5. The van der Waals surface area contributed by atoms with Crippen molar-refractivity contribution in [1.82, 2.24) is 4.90 Å². The topological polar surface area (TPSA) is 66.8 Å². The van der Waals surface area contributed by atoms with Crippen LogP contribution in [0, 0.1) is 0 Å². The second-order valence-corrected chi connectivity index (χ2v) is 6.43. The van der Waals surface area contributed by atoms with E-state index >= 15 is 0 Å². The summed E-state index contributed by atoms with van der Waals surface area (Å²) in [7, 11) is 1.25. The Balaban J connectivity index is 1.86. The summed E-state index contributed by atoms with van der Waals surface area (Å²) in [4.78, 5) is 26.4. The summed E-state index contributed by atoms with van der Waals surface area (Å²) in [5.74, 6) is -1.91. The molecule has 1 heterocycles. The lowest BCUT2D eigenvalue weighted by atomic mass is 9.72. The predicted molar refractivity (Wildman–Crippen MR) is 97.1 cm³/mol. The molecule has 5 heteroatoms. The maximum absolute atomic E-state index is 12.8. The Morgan fingerprint density at radius 1 is 1.19 bits per heavy atom. The molecule has 1 aliphatic rings. The predicted octanol–water partition coefficient (Wildman–Crippen LogP) is 2.27. The van der Waals surface area contributed by atoms with Crippen molar-refractivity contribution in [1.29, 1.82) is 0 Å². The Morgan fingerprint density at radius 2 is 1.77 bits per heavy atom. The standard InChI is InChI=1S/C21H21NO4/c1-15(19(23)26-2)18(17-11-7-4-8-12-17)21(25)14-22(20(21)24)13-16-9-5-3-6-10-16/h3-12,18,25H,1,13-14H2,2H3/t18-,21+/m1/s1. The lowest BCUT2D eigenvalue weighted by molar-refractivity contribution is -0.179. The number of hydrogen-bond donors (Lipinski definition) is 1. The summed E-state index contributed by atoms with van der Waals surface area (Å²) in [6.07, 6.45) is 0. The number of amides is 1. The molecule has 0 spiro atoms. The average molecular weight is 351 g/mol. The first kappa shape index (κ1) is 17.9. The van der Waals surface area contributed by atoms with Crippen LogP contribution in [0.25, 0.3) is 0 Å². The first-order valence-electron chi connectivity index (χ1n) is 8.35. The molecule has 0 aliphatic carbocycles. The Hall–Kier alpha value is -2.92. The van der Waals surface area contributed by atoms with Crippen LogP contribution < -0.4 is 0 Å². The molecule has 2 aromatic rings. The molecule has 0 unspecified atom stereocenters. The largest absolute Gasteiger partial charge is 0.466 e. The zero-order chi connectivity index (χ0) is 18.7. The van der Waals surface area contributed by atoms with Gasteiger partial charge in [0.2, 0.25) is 0 Å². The van der Waals surface area contributed by atoms with E-state index in [1.54, 1.807) is 29.2 Å². The number of likely N-dealkylation sites (tertiary alicyclic amines) is 1. The van der Waals surface area contributed by atoms with E-state index in [9.17, 15) is 14.7 Å². The minimum Gasteiger partial charge on any atom is -0.466 e. The van der Waals surface area contributed by atoms with Crippen LogP contribution in [0.5, 0.6) is 0 Å². The summed E-state index contributed by atoms with van der Waals surface area (Å²) in [5, 5.41) is 11.1. The summed E-state index contributed by atoms with van der Waals surface area (Å²) in [6, 6.07) is 18.5. The van der Waals surface area contributed by atoms with Crippen molar-refractivity contribution in [2.24, 2.45) is 0 Å². The van der Waals surface area contributed by atoms with Gasteiger partial charge in [-0.3, -0.25) is 4.79 Å². The third kappa shape index (κ3) is 3.13. The number of carbonyl (C=O) groups excluding carboxylic acids is 2. The number of esters is 1. The van der Waals surface area contributed by atoms with Crippen molar-refractivity contribution in [3.05, 3.63) is 83.9 Å². The van der Waals surface area contributed by atoms with Gasteiger partial charge in [0.1, 0.15) is 0 Å². The number of aliphatic hydroxyl groups is 1. The highest BCUT2D eigenvalue weighted by Crippen LogP contribution is 2.42. The van der Waals surface area contributed by atoms with Gasteiger partial charge in [0.15, 0.2) is 5.60 Å². The highest BCUT2D eigenvalue weighted by molar-refractivity contribution is 5.97. The molecule has 0 aromatic heterocycles. The lowest BCUT2D eigenvalue weighted by Crippen LogP contribution is -2.69. The van der Waals surface area contributed by atoms with E-state index in [1.165, 1.54) is 7.11 Å². The first-order valence-corrected chi connectivity index (χ1v) is 8.35. The van der Waals surface area contributed by atoms with Gasteiger partial charge in [-0.2, -0.15) is 0 Å². The van der Waals surface area contributed by atoms with E-state index in [-0.39, 0.29) is 12.1 Å². The van der Waals surface area contributed by atoms with Crippen LogP contribution in [0.2, 0.25) is 0 Å². The molecule has 1 fully saturated rings.